The van der Waals surface area contributed by atoms with Gasteiger partial charge >= 0.3 is 11.9 Å². The summed E-state index contributed by atoms with van der Waals surface area (Å²) in [6, 6.07) is 13.5. The molecule has 2 aromatic rings. The molecule has 40 heavy (non-hydrogen) atoms. The summed E-state index contributed by atoms with van der Waals surface area (Å²) in [4.78, 5) is 25.2. The Morgan fingerprint density at radius 1 is 1.07 bits per heavy atom. The first kappa shape index (κ1) is 29.8. The minimum Gasteiger partial charge on any atom is -0.478 e. The molecule has 0 bridgehead atoms. The molecule has 4 rings (SSSR count). The zero-order chi connectivity index (χ0) is 28.3. The van der Waals surface area contributed by atoms with Gasteiger partial charge in [0.1, 0.15) is 5.82 Å². The number of cyclic esters (lactones) is 1. The van der Waals surface area contributed by atoms with E-state index in [0.717, 1.165) is 62.1 Å². The van der Waals surface area contributed by atoms with Crippen LogP contribution in [0.25, 0.3) is 6.08 Å². The average molecular weight is 552 g/mol. The number of rotatable bonds is 11. The fraction of sp³-hybridized carbons (Fsp3) is 0.515. The van der Waals surface area contributed by atoms with Crippen LogP contribution in [0.15, 0.2) is 48.5 Å². The van der Waals surface area contributed by atoms with E-state index < -0.39 is 5.97 Å². The van der Waals surface area contributed by atoms with Crippen molar-refractivity contribution in [3.05, 3.63) is 71.0 Å². The maximum absolute atomic E-state index is 15.1. The van der Waals surface area contributed by atoms with Crippen molar-refractivity contribution in [2.45, 2.75) is 64.2 Å². The first-order chi connectivity index (χ1) is 19.4. The number of halogens is 1. The number of carboxylic acid groups (broad SMARTS) is 1. The molecule has 0 amide bonds. The molecule has 1 N–H and O–H groups in total. The Morgan fingerprint density at radius 2 is 1.82 bits per heavy atom. The van der Waals surface area contributed by atoms with E-state index in [2.05, 4.69) is 19.1 Å². The monoisotopic (exact) mass is 551 g/mol. The zero-order valence-electron chi connectivity index (χ0n) is 23.5. The molecule has 2 fully saturated rings. The van der Waals surface area contributed by atoms with Gasteiger partial charge in [0.15, 0.2) is 0 Å². The SMILES string of the molecule is CC1C[C@H](CCCCCCc2ccc(/C=C/C(=O)O)cc2)COC(=O)CC1c1ccc(N2CCOCC2)c(F)c1. The number of hydrogen-bond donors (Lipinski definition) is 1. The summed E-state index contributed by atoms with van der Waals surface area (Å²) >= 11 is 0. The molecular formula is C33H42FNO5. The number of morpholine rings is 1. The lowest BCUT2D eigenvalue weighted by Crippen LogP contribution is -2.36. The van der Waals surface area contributed by atoms with Crippen LogP contribution in [0.5, 0.6) is 0 Å². The van der Waals surface area contributed by atoms with E-state index in [9.17, 15) is 9.59 Å². The molecule has 3 atom stereocenters. The van der Waals surface area contributed by atoms with Gasteiger partial charge in [0, 0.05) is 19.2 Å². The first-order valence-corrected chi connectivity index (χ1v) is 14.7. The van der Waals surface area contributed by atoms with Crippen LogP contribution in [-0.2, 0) is 25.5 Å². The third-order valence-electron chi connectivity index (χ3n) is 8.24. The van der Waals surface area contributed by atoms with Crippen molar-refractivity contribution in [3.63, 3.8) is 0 Å². The smallest absolute Gasteiger partial charge is 0.328 e. The van der Waals surface area contributed by atoms with Crippen LogP contribution >= 0.6 is 0 Å². The van der Waals surface area contributed by atoms with Gasteiger partial charge in [-0.15, -0.1) is 0 Å². The van der Waals surface area contributed by atoms with Gasteiger partial charge in [0.25, 0.3) is 0 Å². The van der Waals surface area contributed by atoms with E-state index in [4.69, 9.17) is 14.6 Å². The van der Waals surface area contributed by atoms with Crippen LogP contribution in [0.3, 0.4) is 0 Å². The molecule has 0 spiro atoms. The van der Waals surface area contributed by atoms with Crippen molar-refractivity contribution < 1.29 is 28.6 Å². The highest BCUT2D eigenvalue weighted by Crippen LogP contribution is 2.37. The number of hydrogen-bond acceptors (Lipinski definition) is 5. The number of esters is 1. The summed E-state index contributed by atoms with van der Waals surface area (Å²) in [6.07, 6.45) is 10.5. The van der Waals surface area contributed by atoms with Gasteiger partial charge in [0.2, 0.25) is 0 Å². The van der Waals surface area contributed by atoms with E-state index in [1.807, 2.05) is 29.2 Å². The highest BCUT2D eigenvalue weighted by molar-refractivity contribution is 5.85. The molecule has 2 aliphatic rings. The maximum atomic E-state index is 15.1. The number of unbranched alkanes of at least 4 members (excludes halogenated alkanes) is 3. The van der Waals surface area contributed by atoms with Crippen molar-refractivity contribution in [1.82, 2.24) is 0 Å². The molecule has 7 heteroatoms. The lowest BCUT2D eigenvalue weighted by Gasteiger charge is -2.32. The molecule has 2 unspecified atom stereocenters. The number of carbonyl (C=O) groups is 2. The second-order valence-corrected chi connectivity index (χ2v) is 11.2. The van der Waals surface area contributed by atoms with Crippen LogP contribution in [-0.4, -0.2) is 50.0 Å². The number of aliphatic carboxylic acids is 1. The first-order valence-electron chi connectivity index (χ1n) is 14.7. The summed E-state index contributed by atoms with van der Waals surface area (Å²) < 4.78 is 26.1. The Hall–Kier alpha value is -3.19. The molecule has 216 valence electrons. The minimum atomic E-state index is -0.944. The van der Waals surface area contributed by atoms with Crippen molar-refractivity contribution in [2.24, 2.45) is 11.8 Å². The standard InChI is InChI=1S/C33H42FNO5/c1-24-20-27(7-5-3-2-4-6-25-8-10-26(11-9-25)12-15-32(36)37)23-40-33(38)22-29(24)28-13-14-31(30(34)21-28)35-16-18-39-19-17-35/h8-15,21,24,27,29H,2-7,16-20,22-23H2,1H3,(H,36,37)/b15-12+/t24?,27-,29?/m0/s1. The average Bonchev–Trinajstić information content (AvgIpc) is 2.95. The summed E-state index contributed by atoms with van der Waals surface area (Å²) in [6.45, 7) is 5.25. The predicted octanol–water partition coefficient (Wildman–Crippen LogP) is 6.63. The minimum absolute atomic E-state index is 0.0467. The summed E-state index contributed by atoms with van der Waals surface area (Å²) in [5.74, 6) is -0.825. The second-order valence-electron chi connectivity index (χ2n) is 11.2. The van der Waals surface area contributed by atoms with Crippen LogP contribution in [0.4, 0.5) is 10.1 Å². The molecule has 2 aromatic carbocycles. The molecule has 6 nitrogen and oxygen atoms in total. The summed E-state index contributed by atoms with van der Waals surface area (Å²) in [5.41, 5.74) is 3.63. The number of nitrogens with zero attached hydrogens (tertiary/aromatic N) is 1. The highest BCUT2D eigenvalue weighted by Gasteiger charge is 2.30. The Balaban J connectivity index is 1.22. The third kappa shape index (κ3) is 8.91. The van der Waals surface area contributed by atoms with E-state index >= 15 is 4.39 Å². The molecular weight excluding hydrogens is 509 g/mol. The molecule has 0 saturated carbocycles. The molecule has 2 heterocycles. The fourth-order valence-electron chi connectivity index (χ4n) is 5.95. The number of aryl methyl sites for hydroxylation is 1. The van der Waals surface area contributed by atoms with Gasteiger partial charge in [-0.1, -0.05) is 56.5 Å². The van der Waals surface area contributed by atoms with Gasteiger partial charge in [-0.2, -0.15) is 0 Å². The van der Waals surface area contributed by atoms with Crippen LogP contribution < -0.4 is 4.90 Å². The van der Waals surface area contributed by atoms with Crippen molar-refractivity contribution in [1.29, 1.82) is 0 Å². The normalized spacial score (nSPS) is 22.1. The second kappa shape index (κ2) is 15.0. The Morgan fingerprint density at radius 3 is 2.55 bits per heavy atom. The van der Waals surface area contributed by atoms with Gasteiger partial charge in [-0.25, -0.2) is 9.18 Å². The van der Waals surface area contributed by atoms with Crippen LogP contribution in [0.2, 0.25) is 0 Å². The predicted molar refractivity (Wildman–Crippen MR) is 155 cm³/mol. The van der Waals surface area contributed by atoms with E-state index in [1.54, 1.807) is 12.1 Å². The number of carboxylic acids is 1. The Kier molecular flexibility index (Phi) is 11.2. The molecule has 2 aliphatic heterocycles. The van der Waals surface area contributed by atoms with Gasteiger partial charge in [0.05, 0.1) is 31.9 Å². The number of carbonyl (C=O) groups excluding carboxylic acids is 1. The number of benzene rings is 2. The number of anilines is 1. The van der Waals surface area contributed by atoms with Gasteiger partial charge in [-0.05, 0) is 78.3 Å². The molecule has 0 radical (unpaired) electrons. The summed E-state index contributed by atoms with van der Waals surface area (Å²) in [7, 11) is 0. The van der Waals surface area contributed by atoms with Crippen LogP contribution in [0, 0.1) is 17.7 Å². The van der Waals surface area contributed by atoms with Crippen molar-refractivity contribution in [2.75, 3.05) is 37.8 Å². The quantitative estimate of drug-likeness (QED) is 0.192. The van der Waals surface area contributed by atoms with Gasteiger partial charge in [-0.3, -0.25) is 4.79 Å². The number of ether oxygens (including phenoxy) is 2. The lowest BCUT2D eigenvalue weighted by atomic mass is 9.78. The fourth-order valence-corrected chi connectivity index (χ4v) is 5.95. The Bertz CT molecular complexity index is 1140. The zero-order valence-corrected chi connectivity index (χ0v) is 23.5. The maximum Gasteiger partial charge on any atom is 0.328 e. The van der Waals surface area contributed by atoms with Crippen molar-refractivity contribution in [3.8, 4) is 0 Å². The van der Waals surface area contributed by atoms with E-state index in [0.29, 0.717) is 50.9 Å². The molecule has 0 aliphatic carbocycles. The topological polar surface area (TPSA) is 76.1 Å². The van der Waals surface area contributed by atoms with E-state index in [1.165, 1.54) is 5.56 Å². The summed E-state index contributed by atoms with van der Waals surface area (Å²) in [5, 5.41) is 8.74. The van der Waals surface area contributed by atoms with Gasteiger partial charge < -0.3 is 19.5 Å². The van der Waals surface area contributed by atoms with E-state index in [-0.39, 0.29) is 23.6 Å². The largest absolute Gasteiger partial charge is 0.478 e. The third-order valence-corrected chi connectivity index (χ3v) is 8.24. The van der Waals surface area contributed by atoms with Crippen LogP contribution in [0.1, 0.15) is 74.5 Å². The van der Waals surface area contributed by atoms with Crippen molar-refractivity contribution >= 4 is 23.7 Å². The highest BCUT2D eigenvalue weighted by atomic mass is 19.1. The molecule has 2 saturated heterocycles. The Labute approximate surface area is 237 Å². The lowest BCUT2D eigenvalue weighted by molar-refractivity contribution is -0.147. The molecule has 0 aromatic heterocycles.